The number of hydrogen-bond donors (Lipinski definition) is 0. The van der Waals surface area contributed by atoms with E-state index in [0.717, 1.165) is 33.3 Å². The van der Waals surface area contributed by atoms with E-state index in [9.17, 15) is 0 Å². The van der Waals surface area contributed by atoms with Crippen molar-refractivity contribution in [2.24, 2.45) is 7.05 Å². The molecule has 0 spiro atoms. The number of hydrogen-bond acceptors (Lipinski definition) is 1. The zero-order valence-electron chi connectivity index (χ0n) is 24.1. The second kappa shape index (κ2) is 9.09. The molecule has 2 aromatic heterocycles. The minimum atomic E-state index is 0.334. The van der Waals surface area contributed by atoms with E-state index in [4.69, 9.17) is 4.42 Å². The van der Waals surface area contributed by atoms with Gasteiger partial charge in [-0.25, -0.2) is 4.57 Å². The molecule has 3 heteroatoms. The van der Waals surface area contributed by atoms with Crippen molar-refractivity contribution in [3.63, 3.8) is 0 Å². The number of rotatable bonds is 4. The third kappa shape index (κ3) is 3.47. The van der Waals surface area contributed by atoms with Crippen LogP contribution in [0.2, 0.25) is 0 Å². The summed E-state index contributed by atoms with van der Waals surface area (Å²) in [4.78, 5) is 0. The van der Waals surface area contributed by atoms with E-state index < -0.39 is 0 Å². The minimum absolute atomic E-state index is 0.334. The van der Waals surface area contributed by atoms with Crippen LogP contribution in [0.3, 0.4) is 0 Å². The first kappa shape index (κ1) is 24.7. The molecule has 0 aliphatic carbocycles. The van der Waals surface area contributed by atoms with Gasteiger partial charge in [0.05, 0.1) is 7.05 Å². The van der Waals surface area contributed by atoms with Crippen molar-refractivity contribution >= 4 is 43.7 Å². The van der Waals surface area contributed by atoms with Gasteiger partial charge in [-0.1, -0.05) is 94.4 Å². The summed E-state index contributed by atoms with van der Waals surface area (Å²) in [7, 11) is 2.19. The average molecular weight is 524 g/mol. The Hall–Kier alpha value is -4.37. The summed E-state index contributed by atoms with van der Waals surface area (Å²) >= 11 is 0. The van der Waals surface area contributed by atoms with E-state index in [1.807, 2.05) is 6.07 Å². The maximum atomic E-state index is 6.66. The first-order valence-corrected chi connectivity index (χ1v) is 14.3. The van der Waals surface area contributed by atoms with Gasteiger partial charge in [0.25, 0.3) is 5.82 Å². The van der Waals surface area contributed by atoms with E-state index in [0.29, 0.717) is 11.8 Å². The standard InChI is InChI=1S/C37H35N2O/c1-22(2)29-21-25-13-7-8-14-26(25)33(23(3)4)35(29)39-31-17-11-10-16-30(31)38(6)37(39)34-24(5)19-20-28-27-15-9-12-18-32(27)40-36(28)34/h7-23H,1-6H3/q+1. The molecule has 198 valence electrons. The van der Waals surface area contributed by atoms with Crippen molar-refractivity contribution in [1.82, 2.24) is 4.57 Å². The summed E-state index contributed by atoms with van der Waals surface area (Å²) in [5, 5.41) is 4.93. The smallest absolute Gasteiger partial charge is 0.299 e. The number of para-hydroxylation sites is 3. The second-order valence-corrected chi connectivity index (χ2v) is 11.7. The van der Waals surface area contributed by atoms with Crippen molar-refractivity contribution in [1.29, 1.82) is 0 Å². The van der Waals surface area contributed by atoms with E-state index >= 15 is 0 Å². The van der Waals surface area contributed by atoms with Crippen molar-refractivity contribution in [3.05, 3.63) is 108 Å². The predicted molar refractivity (Wildman–Crippen MR) is 168 cm³/mol. The van der Waals surface area contributed by atoms with Gasteiger partial charge in [-0.2, -0.15) is 4.57 Å². The van der Waals surface area contributed by atoms with Gasteiger partial charge in [-0.05, 0) is 59.4 Å². The van der Waals surface area contributed by atoms with Crippen LogP contribution < -0.4 is 4.57 Å². The molecule has 0 aliphatic rings. The molecule has 0 atom stereocenters. The number of nitrogens with zero attached hydrogens (tertiary/aromatic N) is 2. The summed E-state index contributed by atoms with van der Waals surface area (Å²) in [5.41, 5.74) is 10.6. The van der Waals surface area contributed by atoms with Gasteiger partial charge in [0, 0.05) is 21.9 Å². The van der Waals surface area contributed by atoms with Gasteiger partial charge < -0.3 is 4.42 Å². The summed E-state index contributed by atoms with van der Waals surface area (Å²) in [6.07, 6.45) is 0. The molecule has 0 amide bonds. The van der Waals surface area contributed by atoms with Crippen LogP contribution in [0.5, 0.6) is 0 Å². The molecule has 0 bridgehead atoms. The van der Waals surface area contributed by atoms with Crippen LogP contribution in [0.4, 0.5) is 0 Å². The molecular formula is C37H35N2O+. The maximum Gasteiger partial charge on any atom is 0.299 e. The fourth-order valence-corrected chi connectivity index (χ4v) is 6.65. The van der Waals surface area contributed by atoms with Gasteiger partial charge in [-0.15, -0.1) is 0 Å². The Morgan fingerprint density at radius 3 is 2.20 bits per heavy atom. The summed E-state index contributed by atoms with van der Waals surface area (Å²) in [5.74, 6) is 1.82. The number of aromatic nitrogens is 2. The Bertz CT molecular complexity index is 2090. The normalized spacial score (nSPS) is 12.2. The lowest BCUT2D eigenvalue weighted by molar-refractivity contribution is -0.633. The van der Waals surface area contributed by atoms with Gasteiger partial charge in [-0.3, -0.25) is 0 Å². The number of furan rings is 1. The third-order valence-electron chi connectivity index (χ3n) is 8.51. The Morgan fingerprint density at radius 2 is 1.43 bits per heavy atom. The van der Waals surface area contributed by atoms with E-state index in [1.54, 1.807) is 0 Å². The zero-order chi connectivity index (χ0) is 27.7. The highest BCUT2D eigenvalue weighted by molar-refractivity contribution is 6.10. The fraction of sp³-hybridized carbons (Fsp3) is 0.216. The number of benzene rings is 5. The highest BCUT2D eigenvalue weighted by atomic mass is 16.3. The Morgan fingerprint density at radius 1 is 0.725 bits per heavy atom. The van der Waals surface area contributed by atoms with Crippen LogP contribution in [-0.2, 0) is 7.05 Å². The number of aryl methyl sites for hydroxylation is 2. The van der Waals surface area contributed by atoms with Gasteiger partial charge >= 0.3 is 0 Å². The lowest BCUT2D eigenvalue weighted by Crippen LogP contribution is -2.30. The van der Waals surface area contributed by atoms with Gasteiger partial charge in [0.15, 0.2) is 16.6 Å². The third-order valence-corrected chi connectivity index (χ3v) is 8.51. The lowest BCUT2D eigenvalue weighted by Gasteiger charge is -2.21. The maximum absolute atomic E-state index is 6.66. The molecule has 0 unspecified atom stereocenters. The first-order valence-electron chi connectivity index (χ1n) is 14.3. The first-order chi connectivity index (χ1) is 19.4. The minimum Gasteiger partial charge on any atom is -0.455 e. The second-order valence-electron chi connectivity index (χ2n) is 11.7. The van der Waals surface area contributed by atoms with Crippen LogP contribution in [0, 0.1) is 6.92 Å². The molecule has 0 radical (unpaired) electrons. The van der Waals surface area contributed by atoms with Gasteiger partial charge in [0.1, 0.15) is 16.8 Å². The Balaban J connectivity index is 1.72. The quantitative estimate of drug-likeness (QED) is 0.210. The van der Waals surface area contributed by atoms with E-state index in [-0.39, 0.29) is 0 Å². The van der Waals surface area contributed by atoms with Crippen molar-refractivity contribution in [2.75, 3.05) is 0 Å². The molecule has 0 saturated heterocycles. The Kier molecular flexibility index (Phi) is 5.60. The molecule has 3 nitrogen and oxygen atoms in total. The highest BCUT2D eigenvalue weighted by Crippen LogP contribution is 2.43. The highest BCUT2D eigenvalue weighted by Gasteiger charge is 2.34. The molecule has 0 saturated carbocycles. The van der Waals surface area contributed by atoms with Crippen LogP contribution in [0.1, 0.15) is 56.2 Å². The SMILES string of the molecule is Cc1ccc2c(oc3ccccc32)c1-c1n(-c2c(C(C)C)cc3ccccc3c2C(C)C)c2ccccc2[n+]1C. The number of fused-ring (bicyclic) bond motifs is 5. The molecular weight excluding hydrogens is 488 g/mol. The van der Waals surface area contributed by atoms with Gasteiger partial charge in [0.2, 0.25) is 0 Å². The number of imidazole rings is 1. The fourth-order valence-electron chi connectivity index (χ4n) is 6.65. The molecule has 0 aliphatic heterocycles. The largest absolute Gasteiger partial charge is 0.455 e. The lowest BCUT2D eigenvalue weighted by atomic mass is 9.87. The predicted octanol–water partition coefficient (Wildman–Crippen LogP) is 9.73. The van der Waals surface area contributed by atoms with Crippen LogP contribution in [-0.4, -0.2) is 4.57 Å². The van der Waals surface area contributed by atoms with Crippen LogP contribution in [0.25, 0.3) is 60.8 Å². The molecule has 0 fully saturated rings. The Labute approximate surface area is 235 Å². The topological polar surface area (TPSA) is 21.9 Å². The molecule has 5 aromatic carbocycles. The summed E-state index contributed by atoms with van der Waals surface area (Å²) in [6.45, 7) is 11.5. The van der Waals surface area contributed by atoms with Crippen molar-refractivity contribution in [2.45, 2.75) is 46.5 Å². The molecule has 7 rings (SSSR count). The van der Waals surface area contributed by atoms with Crippen molar-refractivity contribution in [3.8, 4) is 17.1 Å². The van der Waals surface area contributed by atoms with Crippen LogP contribution in [0.15, 0.2) is 95.4 Å². The van der Waals surface area contributed by atoms with E-state index in [2.05, 4.69) is 136 Å². The molecule has 2 heterocycles. The monoisotopic (exact) mass is 523 g/mol. The zero-order valence-corrected chi connectivity index (χ0v) is 24.1. The molecule has 0 N–H and O–H groups in total. The van der Waals surface area contributed by atoms with Crippen molar-refractivity contribution < 1.29 is 8.98 Å². The van der Waals surface area contributed by atoms with E-state index in [1.165, 1.54) is 44.2 Å². The molecule has 40 heavy (non-hydrogen) atoms. The molecule has 7 aromatic rings. The average Bonchev–Trinajstić information content (AvgIpc) is 3.47. The summed E-state index contributed by atoms with van der Waals surface area (Å²) in [6, 6.07) is 32.9. The van der Waals surface area contributed by atoms with Crippen LogP contribution >= 0.6 is 0 Å². The summed E-state index contributed by atoms with van der Waals surface area (Å²) < 4.78 is 11.5.